The van der Waals surface area contributed by atoms with E-state index in [9.17, 15) is 4.79 Å². The Bertz CT molecular complexity index is 341. The van der Waals surface area contributed by atoms with Crippen molar-refractivity contribution in [3.05, 3.63) is 16.3 Å². The van der Waals surface area contributed by atoms with E-state index in [1.54, 1.807) is 0 Å². The molecular formula is C13H21NOS2. The van der Waals surface area contributed by atoms with Crippen molar-refractivity contribution in [3.63, 3.8) is 0 Å². The van der Waals surface area contributed by atoms with Gasteiger partial charge in [-0.15, -0.1) is 24.0 Å². The number of hydrogen-bond acceptors (Lipinski definition) is 3. The number of thiol groups is 1. The summed E-state index contributed by atoms with van der Waals surface area (Å²) in [6.45, 7) is 6.04. The van der Waals surface area contributed by atoms with E-state index >= 15 is 0 Å². The van der Waals surface area contributed by atoms with Gasteiger partial charge in [-0.05, 0) is 18.9 Å². The number of thiophene rings is 1. The van der Waals surface area contributed by atoms with Crippen LogP contribution in [0.2, 0.25) is 0 Å². The van der Waals surface area contributed by atoms with Crippen molar-refractivity contribution >= 4 is 29.9 Å². The summed E-state index contributed by atoms with van der Waals surface area (Å²) in [5, 5.41) is 1.91. The van der Waals surface area contributed by atoms with Gasteiger partial charge in [0.05, 0.1) is 4.88 Å². The van der Waals surface area contributed by atoms with Gasteiger partial charge >= 0.3 is 0 Å². The fourth-order valence-corrected chi connectivity index (χ4v) is 2.72. The summed E-state index contributed by atoms with van der Waals surface area (Å²) in [7, 11) is 0. The van der Waals surface area contributed by atoms with Gasteiger partial charge in [0.25, 0.3) is 5.91 Å². The Morgan fingerprint density at radius 1 is 1.29 bits per heavy atom. The molecule has 4 heteroatoms. The molecular weight excluding hydrogens is 250 g/mol. The number of carbonyl (C=O) groups is 1. The molecule has 0 aliphatic carbocycles. The Morgan fingerprint density at radius 3 is 2.29 bits per heavy atom. The Kier molecular flexibility index (Phi) is 6.66. The van der Waals surface area contributed by atoms with Crippen LogP contribution in [0, 0.1) is 0 Å². The number of hydrogen-bond donors (Lipinski definition) is 1. The molecule has 0 unspecified atom stereocenters. The molecule has 96 valence electrons. The third kappa shape index (κ3) is 4.72. The molecule has 0 fully saturated rings. The second-order valence-corrected chi connectivity index (χ2v) is 5.60. The maximum Gasteiger partial charge on any atom is 0.263 e. The van der Waals surface area contributed by atoms with Gasteiger partial charge in [0.1, 0.15) is 0 Å². The normalized spacial score (nSPS) is 10.5. The molecule has 17 heavy (non-hydrogen) atoms. The Hall–Kier alpha value is -0.480. The zero-order valence-electron chi connectivity index (χ0n) is 10.6. The zero-order valence-corrected chi connectivity index (χ0v) is 12.3. The van der Waals surface area contributed by atoms with Gasteiger partial charge in [0.15, 0.2) is 0 Å². The van der Waals surface area contributed by atoms with Gasteiger partial charge in [-0.3, -0.25) is 4.79 Å². The van der Waals surface area contributed by atoms with Crippen molar-refractivity contribution in [2.75, 3.05) is 13.1 Å². The van der Waals surface area contributed by atoms with Gasteiger partial charge in [-0.1, -0.05) is 26.7 Å². The lowest BCUT2D eigenvalue weighted by atomic mass is 10.2. The van der Waals surface area contributed by atoms with E-state index < -0.39 is 0 Å². The highest BCUT2D eigenvalue weighted by Gasteiger charge is 2.16. The highest BCUT2D eigenvalue weighted by atomic mass is 32.1. The maximum absolute atomic E-state index is 12.3. The number of rotatable bonds is 7. The van der Waals surface area contributed by atoms with E-state index in [-0.39, 0.29) is 5.91 Å². The summed E-state index contributed by atoms with van der Waals surface area (Å²) in [4.78, 5) is 15.9. The number of unbranched alkanes of at least 4 members (excludes halogenated alkanes) is 2. The third-order valence-corrected chi connectivity index (χ3v) is 4.00. The van der Waals surface area contributed by atoms with Crippen molar-refractivity contribution in [1.29, 1.82) is 0 Å². The zero-order chi connectivity index (χ0) is 12.7. The number of nitrogens with zero attached hydrogens (tertiary/aromatic N) is 1. The van der Waals surface area contributed by atoms with Crippen LogP contribution in [0.5, 0.6) is 0 Å². The fourth-order valence-electron chi connectivity index (χ4n) is 1.61. The van der Waals surface area contributed by atoms with Crippen LogP contribution in [-0.2, 0) is 0 Å². The first-order chi connectivity index (χ1) is 8.19. The molecule has 1 heterocycles. The van der Waals surface area contributed by atoms with E-state index in [1.807, 2.05) is 16.3 Å². The van der Waals surface area contributed by atoms with E-state index in [1.165, 1.54) is 11.3 Å². The summed E-state index contributed by atoms with van der Waals surface area (Å²) in [5.41, 5.74) is 0. The lowest BCUT2D eigenvalue weighted by Crippen LogP contribution is -2.32. The van der Waals surface area contributed by atoms with Crippen LogP contribution in [0.25, 0.3) is 0 Å². The predicted octanol–water partition coefficient (Wildman–Crippen LogP) is 4.08. The second-order valence-electron chi connectivity index (χ2n) is 4.17. The smallest absolute Gasteiger partial charge is 0.263 e. The van der Waals surface area contributed by atoms with Crippen molar-refractivity contribution in [3.8, 4) is 0 Å². The SMILES string of the molecule is CCCCN(CCCC)C(=O)c1cc(S)cs1. The van der Waals surface area contributed by atoms with Crippen molar-refractivity contribution < 1.29 is 4.79 Å². The van der Waals surface area contributed by atoms with Gasteiger partial charge < -0.3 is 4.90 Å². The average molecular weight is 271 g/mol. The molecule has 2 nitrogen and oxygen atoms in total. The van der Waals surface area contributed by atoms with Gasteiger partial charge in [0.2, 0.25) is 0 Å². The topological polar surface area (TPSA) is 20.3 Å². The van der Waals surface area contributed by atoms with E-state index in [0.29, 0.717) is 0 Å². The summed E-state index contributed by atoms with van der Waals surface area (Å²) in [5.74, 6) is 0.164. The molecule has 1 aromatic heterocycles. The van der Waals surface area contributed by atoms with Crippen molar-refractivity contribution in [1.82, 2.24) is 4.90 Å². The first-order valence-corrected chi connectivity index (χ1v) is 7.58. The summed E-state index contributed by atoms with van der Waals surface area (Å²) < 4.78 is 0. The molecule has 0 spiro atoms. The van der Waals surface area contributed by atoms with Crippen LogP contribution in [0.3, 0.4) is 0 Å². The van der Waals surface area contributed by atoms with E-state index in [2.05, 4.69) is 26.5 Å². The summed E-state index contributed by atoms with van der Waals surface area (Å²) in [6, 6.07) is 1.86. The molecule has 0 aliphatic rings. The number of carbonyl (C=O) groups excluding carboxylic acids is 1. The molecule has 0 aliphatic heterocycles. The monoisotopic (exact) mass is 271 g/mol. The molecule has 0 saturated carbocycles. The van der Waals surface area contributed by atoms with Crippen LogP contribution >= 0.6 is 24.0 Å². The third-order valence-electron chi connectivity index (χ3n) is 2.65. The minimum absolute atomic E-state index is 0.164. The molecule has 0 N–H and O–H groups in total. The van der Waals surface area contributed by atoms with Gasteiger partial charge in [-0.25, -0.2) is 0 Å². The number of amides is 1. The fraction of sp³-hybridized carbons (Fsp3) is 0.615. The van der Waals surface area contributed by atoms with E-state index in [0.717, 1.165) is 48.5 Å². The van der Waals surface area contributed by atoms with E-state index in [4.69, 9.17) is 0 Å². The quantitative estimate of drug-likeness (QED) is 0.741. The van der Waals surface area contributed by atoms with Crippen LogP contribution in [0.1, 0.15) is 49.2 Å². The average Bonchev–Trinajstić information content (AvgIpc) is 2.75. The molecule has 1 rings (SSSR count). The Balaban J connectivity index is 2.64. The molecule has 0 atom stereocenters. The molecule has 0 aromatic carbocycles. The lowest BCUT2D eigenvalue weighted by molar-refractivity contribution is 0.0756. The first kappa shape index (κ1) is 14.6. The highest BCUT2D eigenvalue weighted by molar-refractivity contribution is 7.80. The Morgan fingerprint density at radius 2 is 1.88 bits per heavy atom. The highest BCUT2D eigenvalue weighted by Crippen LogP contribution is 2.19. The molecule has 1 amide bonds. The van der Waals surface area contributed by atoms with Gasteiger partial charge in [-0.2, -0.15) is 0 Å². The maximum atomic E-state index is 12.3. The Labute approximate surface area is 113 Å². The standard InChI is InChI=1S/C13H21NOS2/c1-3-5-7-14(8-6-4-2)13(15)12-9-11(16)10-17-12/h9-10,16H,3-8H2,1-2H3. The van der Waals surface area contributed by atoms with Crippen LogP contribution in [0.15, 0.2) is 16.3 Å². The first-order valence-electron chi connectivity index (χ1n) is 6.25. The van der Waals surface area contributed by atoms with Crippen LogP contribution < -0.4 is 0 Å². The molecule has 0 radical (unpaired) electrons. The lowest BCUT2D eigenvalue weighted by Gasteiger charge is -2.21. The minimum Gasteiger partial charge on any atom is -0.338 e. The van der Waals surface area contributed by atoms with Crippen molar-refractivity contribution in [2.24, 2.45) is 0 Å². The summed E-state index contributed by atoms with van der Waals surface area (Å²) >= 11 is 5.73. The largest absolute Gasteiger partial charge is 0.338 e. The van der Waals surface area contributed by atoms with Crippen LogP contribution in [0.4, 0.5) is 0 Å². The molecule has 0 bridgehead atoms. The predicted molar refractivity (Wildman–Crippen MR) is 77.3 cm³/mol. The second kappa shape index (κ2) is 7.77. The minimum atomic E-state index is 0.164. The van der Waals surface area contributed by atoms with Gasteiger partial charge in [0, 0.05) is 23.4 Å². The molecule has 1 aromatic rings. The van der Waals surface area contributed by atoms with Crippen molar-refractivity contribution in [2.45, 2.75) is 44.4 Å². The summed E-state index contributed by atoms with van der Waals surface area (Å²) in [6.07, 6.45) is 4.40. The molecule has 0 saturated heterocycles. The van der Waals surface area contributed by atoms with Crippen LogP contribution in [-0.4, -0.2) is 23.9 Å².